The van der Waals surface area contributed by atoms with Crippen molar-refractivity contribution in [1.82, 2.24) is 0 Å². The van der Waals surface area contributed by atoms with Crippen LogP contribution in [0.1, 0.15) is 24.8 Å². The maximum Gasteiger partial charge on any atom is 0.304 e. The number of aliphatic carboxylic acids is 1. The van der Waals surface area contributed by atoms with E-state index < -0.39 is 11.4 Å². The first-order chi connectivity index (χ1) is 7.05. The van der Waals surface area contributed by atoms with Gasteiger partial charge >= 0.3 is 5.97 Å². The Bertz CT molecular complexity index is 413. The second-order valence-electron chi connectivity index (χ2n) is 3.95. The molecule has 1 aromatic rings. The fourth-order valence-corrected chi connectivity index (χ4v) is 2.26. The second kappa shape index (κ2) is 3.59. The molecule has 2 nitrogen and oxygen atoms in total. The van der Waals surface area contributed by atoms with Crippen LogP contribution in [0, 0.1) is 5.82 Å². The monoisotopic (exact) mass is 272 g/mol. The summed E-state index contributed by atoms with van der Waals surface area (Å²) in [5.41, 5.74) is 0.0685. The Hall–Kier alpha value is -0.900. The molecule has 0 saturated heterocycles. The highest BCUT2D eigenvalue weighted by molar-refractivity contribution is 9.10. The second-order valence-corrected chi connectivity index (χ2v) is 4.81. The normalized spacial score (nSPS) is 17.5. The number of halogens is 2. The lowest BCUT2D eigenvalue weighted by molar-refractivity contribution is -0.137. The summed E-state index contributed by atoms with van der Waals surface area (Å²) in [5.74, 6) is -1.19. The molecule has 1 fully saturated rings. The Morgan fingerprint density at radius 1 is 1.53 bits per heavy atom. The lowest BCUT2D eigenvalue weighted by Gasteiger charge is -2.14. The molecule has 1 N–H and O–H groups in total. The molecule has 4 heteroatoms. The van der Waals surface area contributed by atoms with Crippen molar-refractivity contribution in [3.05, 3.63) is 34.1 Å². The summed E-state index contributed by atoms with van der Waals surface area (Å²) < 4.78 is 14.1. The molecule has 0 heterocycles. The van der Waals surface area contributed by atoms with Crippen molar-refractivity contribution < 1.29 is 14.3 Å². The van der Waals surface area contributed by atoms with Crippen LogP contribution in [0.3, 0.4) is 0 Å². The molecule has 0 amide bonds. The molecule has 1 aromatic carbocycles. The summed E-state index contributed by atoms with van der Waals surface area (Å²) in [4.78, 5) is 10.7. The summed E-state index contributed by atoms with van der Waals surface area (Å²) in [6.45, 7) is 0. The van der Waals surface area contributed by atoms with Gasteiger partial charge in [-0.1, -0.05) is 12.1 Å². The van der Waals surface area contributed by atoms with Gasteiger partial charge in [-0.25, -0.2) is 4.39 Å². The zero-order valence-corrected chi connectivity index (χ0v) is 9.55. The van der Waals surface area contributed by atoms with Crippen LogP contribution in [-0.4, -0.2) is 11.1 Å². The van der Waals surface area contributed by atoms with Crippen molar-refractivity contribution in [2.75, 3.05) is 0 Å². The molecule has 0 radical (unpaired) electrons. The predicted molar refractivity (Wildman–Crippen MR) is 57.3 cm³/mol. The van der Waals surface area contributed by atoms with Crippen LogP contribution in [-0.2, 0) is 10.2 Å². The smallest absolute Gasteiger partial charge is 0.304 e. The number of rotatable bonds is 3. The average Bonchev–Trinajstić information content (AvgIpc) is 2.89. The lowest BCUT2D eigenvalue weighted by atomic mass is 9.92. The van der Waals surface area contributed by atoms with Gasteiger partial charge in [0.2, 0.25) is 0 Å². The first kappa shape index (κ1) is 10.6. The molecule has 1 saturated carbocycles. The predicted octanol–water partition coefficient (Wildman–Crippen LogP) is 3.09. The number of carboxylic acid groups (broad SMARTS) is 1. The Morgan fingerprint density at radius 2 is 2.20 bits per heavy atom. The first-order valence-electron chi connectivity index (χ1n) is 4.71. The van der Waals surface area contributed by atoms with Gasteiger partial charge in [-0.2, -0.15) is 0 Å². The van der Waals surface area contributed by atoms with Crippen LogP contribution in [0.15, 0.2) is 22.7 Å². The highest BCUT2D eigenvalue weighted by Gasteiger charge is 2.47. The SMILES string of the molecule is O=C(O)CC1(c2cccc(Br)c2F)CC1. The molecule has 0 aliphatic heterocycles. The molecule has 0 aromatic heterocycles. The molecular formula is C11H10BrFO2. The van der Waals surface area contributed by atoms with Crippen LogP contribution >= 0.6 is 15.9 Å². The topological polar surface area (TPSA) is 37.3 Å². The van der Waals surface area contributed by atoms with Gasteiger partial charge in [-0.05, 0) is 40.4 Å². The Kier molecular flexibility index (Phi) is 2.54. The van der Waals surface area contributed by atoms with Gasteiger partial charge in [0.05, 0.1) is 10.9 Å². The van der Waals surface area contributed by atoms with Gasteiger partial charge < -0.3 is 5.11 Å². The van der Waals surface area contributed by atoms with Gasteiger partial charge in [0.1, 0.15) is 5.82 Å². The van der Waals surface area contributed by atoms with Crippen molar-refractivity contribution >= 4 is 21.9 Å². The summed E-state index contributed by atoms with van der Waals surface area (Å²) in [6, 6.07) is 5.04. The van der Waals surface area contributed by atoms with Crippen molar-refractivity contribution in [2.24, 2.45) is 0 Å². The highest BCUT2D eigenvalue weighted by atomic mass is 79.9. The largest absolute Gasteiger partial charge is 0.481 e. The summed E-state index contributed by atoms with van der Waals surface area (Å²) >= 11 is 3.11. The maximum atomic E-state index is 13.7. The van der Waals surface area contributed by atoms with Gasteiger partial charge in [-0.15, -0.1) is 0 Å². The minimum Gasteiger partial charge on any atom is -0.481 e. The molecular weight excluding hydrogens is 263 g/mol. The van der Waals surface area contributed by atoms with Gasteiger partial charge in [0.15, 0.2) is 0 Å². The van der Waals surface area contributed by atoms with E-state index in [0.717, 1.165) is 12.8 Å². The maximum absolute atomic E-state index is 13.7. The van der Waals surface area contributed by atoms with Gasteiger partial charge in [0.25, 0.3) is 0 Å². The van der Waals surface area contributed by atoms with E-state index in [9.17, 15) is 9.18 Å². The fourth-order valence-electron chi connectivity index (χ4n) is 1.90. The number of carbonyl (C=O) groups is 1. The third kappa shape index (κ3) is 1.91. The Morgan fingerprint density at radius 3 is 2.73 bits per heavy atom. The quantitative estimate of drug-likeness (QED) is 0.918. The van der Waals surface area contributed by atoms with E-state index in [-0.39, 0.29) is 12.2 Å². The van der Waals surface area contributed by atoms with Crippen LogP contribution in [0.5, 0.6) is 0 Å². The van der Waals surface area contributed by atoms with E-state index in [0.29, 0.717) is 10.0 Å². The summed E-state index contributed by atoms with van der Waals surface area (Å²) in [5, 5.41) is 8.78. The van der Waals surface area contributed by atoms with E-state index in [1.54, 1.807) is 18.2 Å². The average molecular weight is 273 g/mol. The minimum atomic E-state index is -0.869. The highest BCUT2D eigenvalue weighted by Crippen LogP contribution is 2.52. The van der Waals surface area contributed by atoms with Crippen molar-refractivity contribution in [2.45, 2.75) is 24.7 Å². The van der Waals surface area contributed by atoms with Crippen LogP contribution in [0.2, 0.25) is 0 Å². The van der Waals surface area contributed by atoms with Crippen LogP contribution < -0.4 is 0 Å². The van der Waals surface area contributed by atoms with E-state index in [1.807, 2.05) is 0 Å². The lowest BCUT2D eigenvalue weighted by Crippen LogP contribution is -2.14. The molecule has 0 unspecified atom stereocenters. The summed E-state index contributed by atoms with van der Waals surface area (Å²) in [6.07, 6.45) is 1.53. The number of hydrogen-bond donors (Lipinski definition) is 1. The van der Waals surface area contributed by atoms with E-state index in [2.05, 4.69) is 15.9 Å². The summed E-state index contributed by atoms with van der Waals surface area (Å²) in [7, 11) is 0. The zero-order valence-electron chi connectivity index (χ0n) is 7.96. The third-order valence-corrected chi connectivity index (χ3v) is 3.48. The first-order valence-corrected chi connectivity index (χ1v) is 5.51. The number of benzene rings is 1. The van der Waals surface area contributed by atoms with Crippen molar-refractivity contribution in [3.8, 4) is 0 Å². The van der Waals surface area contributed by atoms with Crippen molar-refractivity contribution in [1.29, 1.82) is 0 Å². The molecule has 0 spiro atoms. The molecule has 15 heavy (non-hydrogen) atoms. The van der Waals surface area contributed by atoms with E-state index >= 15 is 0 Å². The van der Waals surface area contributed by atoms with E-state index in [1.165, 1.54) is 0 Å². The third-order valence-electron chi connectivity index (χ3n) is 2.87. The Balaban J connectivity index is 2.37. The van der Waals surface area contributed by atoms with Crippen LogP contribution in [0.4, 0.5) is 4.39 Å². The number of carboxylic acids is 1. The zero-order chi connectivity index (χ0) is 11.1. The number of hydrogen-bond acceptors (Lipinski definition) is 1. The van der Waals surface area contributed by atoms with Crippen LogP contribution in [0.25, 0.3) is 0 Å². The molecule has 80 valence electrons. The molecule has 1 aliphatic carbocycles. The fraction of sp³-hybridized carbons (Fsp3) is 0.364. The van der Waals surface area contributed by atoms with Gasteiger partial charge in [0, 0.05) is 5.41 Å². The minimum absolute atomic E-state index is 0.0143. The van der Waals surface area contributed by atoms with Crippen molar-refractivity contribution in [3.63, 3.8) is 0 Å². The molecule has 1 aliphatic rings. The molecule has 0 atom stereocenters. The standard InChI is InChI=1S/C11H10BrFO2/c12-8-3-1-2-7(10(8)13)11(4-5-11)6-9(14)15/h1-3H,4-6H2,(H,14,15). The molecule has 0 bridgehead atoms. The molecule has 2 rings (SSSR count). The van der Waals surface area contributed by atoms with E-state index in [4.69, 9.17) is 5.11 Å². The Labute approximate surface area is 95.2 Å². The van der Waals surface area contributed by atoms with Gasteiger partial charge in [-0.3, -0.25) is 4.79 Å².